The van der Waals surface area contributed by atoms with Crippen molar-refractivity contribution in [3.63, 3.8) is 0 Å². The quantitative estimate of drug-likeness (QED) is 0.381. The number of unbranched alkanes of at least 4 members (excludes halogenated alkanes) is 2. The lowest BCUT2D eigenvalue weighted by Gasteiger charge is -1.97. The minimum atomic E-state index is -0.245. The average Bonchev–Trinajstić information content (AvgIpc) is 3.14. The van der Waals surface area contributed by atoms with Gasteiger partial charge in [0, 0.05) is 19.8 Å². The molecular weight excluding hydrogens is 304 g/mol. The molecule has 0 unspecified atom stereocenters. The van der Waals surface area contributed by atoms with Gasteiger partial charge in [0.15, 0.2) is 13.0 Å². The summed E-state index contributed by atoms with van der Waals surface area (Å²) in [5, 5.41) is 24.5. The highest BCUT2D eigenvalue weighted by molar-refractivity contribution is 5.86. The van der Waals surface area contributed by atoms with Crippen molar-refractivity contribution in [2.24, 2.45) is 0 Å². The third kappa shape index (κ3) is 5.85. The first-order valence-electron chi connectivity index (χ1n) is 7.19. The molecule has 124 valence electrons. The Morgan fingerprint density at radius 2 is 1.74 bits per heavy atom. The number of anilines is 1. The van der Waals surface area contributed by atoms with E-state index in [1.54, 1.807) is 0 Å². The van der Waals surface area contributed by atoms with E-state index in [9.17, 15) is 4.79 Å². The lowest BCUT2D eigenvalue weighted by atomic mass is 10.1. The van der Waals surface area contributed by atoms with Crippen LogP contribution in [-0.2, 0) is 29.0 Å². The lowest BCUT2D eigenvalue weighted by molar-refractivity contribution is -0.114. The summed E-state index contributed by atoms with van der Waals surface area (Å²) in [4.78, 5) is 10.8. The maximum absolute atomic E-state index is 10.8. The molecule has 0 aliphatic heterocycles. The average molecular weight is 322 g/mol. The van der Waals surface area contributed by atoms with Crippen molar-refractivity contribution in [3.05, 3.63) is 17.7 Å². The van der Waals surface area contributed by atoms with E-state index >= 15 is 0 Å². The van der Waals surface area contributed by atoms with Gasteiger partial charge in [0.1, 0.15) is 0 Å². The number of nitrogens with zero attached hydrogens (tertiary/aromatic N) is 4. The van der Waals surface area contributed by atoms with Gasteiger partial charge < -0.3 is 13.6 Å². The number of carbonyl (C=O) groups excluding carboxylic acids is 1. The van der Waals surface area contributed by atoms with Crippen molar-refractivity contribution < 1.29 is 18.4 Å². The van der Waals surface area contributed by atoms with E-state index in [0.29, 0.717) is 30.5 Å². The molecule has 10 heteroatoms. The smallest absolute Gasteiger partial charge is 0.322 e. The fourth-order valence-corrected chi connectivity index (χ4v) is 1.85. The van der Waals surface area contributed by atoms with Crippen LogP contribution in [0.2, 0.25) is 0 Å². The molecular formula is C13H18N6O4. The third-order valence-electron chi connectivity index (χ3n) is 2.83. The number of rotatable bonds is 10. The predicted octanol–water partition coefficient (Wildman–Crippen LogP) is 1.49. The van der Waals surface area contributed by atoms with E-state index in [4.69, 9.17) is 19.0 Å². The number of hydrogen-bond acceptors (Lipinski definition) is 9. The SMILES string of the molecule is CC(=O)Nc1nnc(CCCCCc2nnc(COC=N)o2)o1. The zero-order valence-electron chi connectivity index (χ0n) is 12.7. The van der Waals surface area contributed by atoms with Crippen LogP contribution in [0.3, 0.4) is 0 Å². The van der Waals surface area contributed by atoms with E-state index in [-0.39, 0.29) is 18.5 Å². The van der Waals surface area contributed by atoms with Crippen LogP contribution >= 0.6 is 0 Å². The molecule has 0 aliphatic rings. The summed E-state index contributed by atoms with van der Waals surface area (Å²) in [6.45, 7) is 1.49. The van der Waals surface area contributed by atoms with E-state index < -0.39 is 0 Å². The maximum Gasteiger partial charge on any atom is 0.322 e. The van der Waals surface area contributed by atoms with Gasteiger partial charge in [-0.2, -0.15) is 0 Å². The van der Waals surface area contributed by atoms with Crippen LogP contribution in [0, 0.1) is 5.41 Å². The number of amides is 1. The van der Waals surface area contributed by atoms with Crippen molar-refractivity contribution in [1.29, 1.82) is 5.41 Å². The second-order valence-electron chi connectivity index (χ2n) is 4.76. The van der Waals surface area contributed by atoms with E-state index in [1.807, 2.05) is 0 Å². The molecule has 23 heavy (non-hydrogen) atoms. The summed E-state index contributed by atoms with van der Waals surface area (Å²) in [6.07, 6.45) is 4.86. The summed E-state index contributed by atoms with van der Waals surface area (Å²) in [6, 6.07) is 0.123. The maximum atomic E-state index is 10.8. The molecule has 0 spiro atoms. The van der Waals surface area contributed by atoms with Crippen molar-refractivity contribution in [3.8, 4) is 0 Å². The highest BCUT2D eigenvalue weighted by Gasteiger charge is 2.08. The van der Waals surface area contributed by atoms with Crippen LogP contribution in [0.4, 0.5) is 6.01 Å². The highest BCUT2D eigenvalue weighted by Crippen LogP contribution is 2.11. The van der Waals surface area contributed by atoms with Crippen molar-refractivity contribution in [1.82, 2.24) is 20.4 Å². The normalized spacial score (nSPS) is 10.5. The van der Waals surface area contributed by atoms with Gasteiger partial charge in [0.05, 0.1) is 0 Å². The molecule has 0 saturated carbocycles. The number of hydrogen-bond donors (Lipinski definition) is 2. The molecule has 0 fully saturated rings. The molecule has 0 atom stereocenters. The van der Waals surface area contributed by atoms with Gasteiger partial charge in [-0.25, -0.2) is 0 Å². The van der Waals surface area contributed by atoms with E-state index in [2.05, 4.69) is 25.7 Å². The van der Waals surface area contributed by atoms with E-state index in [1.165, 1.54) is 6.92 Å². The number of aromatic nitrogens is 4. The van der Waals surface area contributed by atoms with Crippen molar-refractivity contribution in [2.75, 3.05) is 5.32 Å². The molecule has 10 nitrogen and oxygen atoms in total. The monoisotopic (exact) mass is 322 g/mol. The molecule has 0 saturated heterocycles. The molecule has 0 aliphatic carbocycles. The molecule has 2 aromatic heterocycles. The van der Waals surface area contributed by atoms with Gasteiger partial charge in [-0.15, -0.1) is 15.3 Å². The Labute approximate surface area is 132 Å². The van der Waals surface area contributed by atoms with Gasteiger partial charge in [-0.1, -0.05) is 11.5 Å². The Morgan fingerprint density at radius 1 is 1.09 bits per heavy atom. The van der Waals surface area contributed by atoms with Crippen molar-refractivity contribution >= 4 is 18.3 Å². The Kier molecular flexibility index (Phi) is 6.21. The summed E-state index contributed by atoms with van der Waals surface area (Å²) >= 11 is 0. The fourth-order valence-electron chi connectivity index (χ4n) is 1.85. The minimum Gasteiger partial charge on any atom is -0.474 e. The van der Waals surface area contributed by atoms with Gasteiger partial charge in [0.25, 0.3) is 5.89 Å². The molecule has 2 heterocycles. The Hall–Kier alpha value is -2.78. The molecule has 0 aromatic carbocycles. The summed E-state index contributed by atoms with van der Waals surface area (Å²) < 4.78 is 15.4. The topological polar surface area (TPSA) is 140 Å². The van der Waals surface area contributed by atoms with Crippen LogP contribution in [0.25, 0.3) is 0 Å². The molecule has 2 rings (SSSR count). The number of ether oxygens (including phenoxy) is 1. The van der Waals surface area contributed by atoms with Crippen LogP contribution < -0.4 is 5.32 Å². The summed E-state index contributed by atoms with van der Waals surface area (Å²) in [7, 11) is 0. The Balaban J connectivity index is 1.62. The first-order chi connectivity index (χ1) is 11.2. The van der Waals surface area contributed by atoms with Crippen LogP contribution in [-0.4, -0.2) is 32.7 Å². The third-order valence-corrected chi connectivity index (χ3v) is 2.83. The standard InChI is InChI=1S/C13H18N6O4/c1-9(20)15-13-19-17-11(23-13)6-4-2-3-5-10-16-18-12(22-10)7-21-8-14/h8,14H,2-7H2,1H3,(H,15,19,20). The number of aryl methyl sites for hydroxylation is 2. The zero-order chi connectivity index (χ0) is 16.5. The Bertz CT molecular complexity index is 638. The molecule has 1 amide bonds. The minimum absolute atomic E-state index is 0.115. The summed E-state index contributed by atoms with van der Waals surface area (Å²) in [5.74, 6) is 1.17. The lowest BCUT2D eigenvalue weighted by Crippen LogP contribution is -2.05. The molecule has 0 bridgehead atoms. The van der Waals surface area contributed by atoms with Gasteiger partial charge in [-0.3, -0.25) is 15.5 Å². The van der Waals surface area contributed by atoms with Crippen LogP contribution in [0.5, 0.6) is 0 Å². The van der Waals surface area contributed by atoms with Gasteiger partial charge in [-0.05, 0) is 12.8 Å². The summed E-state index contributed by atoms with van der Waals surface area (Å²) in [5.41, 5.74) is 0. The van der Waals surface area contributed by atoms with Crippen molar-refractivity contribution in [2.45, 2.75) is 45.6 Å². The zero-order valence-corrected chi connectivity index (χ0v) is 12.7. The Morgan fingerprint density at radius 3 is 2.43 bits per heavy atom. The first kappa shape index (κ1) is 16.6. The molecule has 2 aromatic rings. The van der Waals surface area contributed by atoms with Crippen LogP contribution in [0.15, 0.2) is 8.83 Å². The predicted molar refractivity (Wildman–Crippen MR) is 77.7 cm³/mol. The highest BCUT2D eigenvalue weighted by atomic mass is 16.5. The molecule has 2 N–H and O–H groups in total. The number of carbonyl (C=O) groups is 1. The van der Waals surface area contributed by atoms with Crippen LogP contribution in [0.1, 0.15) is 43.9 Å². The first-order valence-corrected chi connectivity index (χ1v) is 7.19. The second kappa shape index (κ2) is 8.61. The number of nitrogens with one attached hydrogen (secondary N) is 2. The van der Waals surface area contributed by atoms with Gasteiger partial charge >= 0.3 is 6.01 Å². The van der Waals surface area contributed by atoms with E-state index in [0.717, 1.165) is 25.7 Å². The van der Waals surface area contributed by atoms with Gasteiger partial charge in [0.2, 0.25) is 17.7 Å². The second-order valence-corrected chi connectivity index (χ2v) is 4.76. The molecule has 0 radical (unpaired) electrons. The largest absolute Gasteiger partial charge is 0.474 e. The fraction of sp³-hybridized carbons (Fsp3) is 0.538.